The number of nitrogens with two attached hydrogens (primary N) is 1. The van der Waals surface area contributed by atoms with E-state index in [9.17, 15) is 23.8 Å². The lowest BCUT2D eigenvalue weighted by Gasteiger charge is -2.20. The molecule has 59 heavy (non-hydrogen) atoms. The van der Waals surface area contributed by atoms with Crippen molar-refractivity contribution in [3.63, 3.8) is 0 Å². The molecule has 11 nitrogen and oxygen atoms in total. The molecule has 0 aromatic rings. The third-order valence-corrected chi connectivity index (χ3v) is 11.7. The van der Waals surface area contributed by atoms with Gasteiger partial charge < -0.3 is 25.2 Å². The van der Waals surface area contributed by atoms with Gasteiger partial charge in [0.2, 0.25) is 0 Å². The summed E-state index contributed by atoms with van der Waals surface area (Å²) in [5.41, 5.74) is 5.34. The molecule has 0 aromatic heterocycles. The Balaban J connectivity index is 4.26. The lowest BCUT2D eigenvalue weighted by Crippen LogP contribution is -2.34. The maximum atomic E-state index is 12.7. The van der Waals surface area contributed by atoms with Crippen LogP contribution in [0.1, 0.15) is 239 Å². The lowest BCUT2D eigenvalue weighted by molar-refractivity contribution is -0.161. The van der Waals surface area contributed by atoms with E-state index in [1.165, 1.54) is 154 Å². The summed E-state index contributed by atoms with van der Waals surface area (Å²) in [5, 5.41) is 8.91. The zero-order valence-electron chi connectivity index (χ0n) is 37.9. The van der Waals surface area contributed by atoms with Crippen molar-refractivity contribution < 1.29 is 47.5 Å². The smallest absolute Gasteiger partial charge is 0.472 e. The summed E-state index contributed by atoms with van der Waals surface area (Å²) in [6.07, 6.45) is 44.1. The molecule has 0 heterocycles. The summed E-state index contributed by atoms with van der Waals surface area (Å²) >= 11 is 0. The molecule has 0 saturated heterocycles. The number of aliphatic carboxylic acids is 1. The van der Waals surface area contributed by atoms with E-state index in [1.54, 1.807) is 0 Å². The van der Waals surface area contributed by atoms with Gasteiger partial charge in [-0.15, -0.1) is 0 Å². The first-order valence-corrected chi connectivity index (χ1v) is 25.7. The van der Waals surface area contributed by atoms with Gasteiger partial charge in [-0.25, -0.2) is 4.57 Å². The average molecular weight is 860 g/mol. The number of ether oxygens (including phenoxy) is 2. The Hall–Kier alpha value is -1.78. The molecule has 0 radical (unpaired) electrons. The van der Waals surface area contributed by atoms with Crippen LogP contribution in [0.4, 0.5) is 0 Å². The van der Waals surface area contributed by atoms with Crippen LogP contribution in [0.3, 0.4) is 0 Å². The van der Waals surface area contributed by atoms with Crippen LogP contribution in [0.15, 0.2) is 12.2 Å². The number of hydrogen-bond acceptors (Lipinski definition) is 9. The Morgan fingerprint density at radius 3 is 1.24 bits per heavy atom. The highest BCUT2D eigenvalue weighted by atomic mass is 31.2. The van der Waals surface area contributed by atoms with Crippen LogP contribution >= 0.6 is 7.82 Å². The molecule has 4 N–H and O–H groups in total. The number of rotatable bonds is 46. The quantitative estimate of drug-likeness (QED) is 0.0230. The van der Waals surface area contributed by atoms with E-state index in [0.29, 0.717) is 12.8 Å². The number of esters is 2. The van der Waals surface area contributed by atoms with Gasteiger partial charge in [0, 0.05) is 12.8 Å². The Morgan fingerprint density at radius 1 is 0.508 bits per heavy atom. The van der Waals surface area contributed by atoms with Crippen LogP contribution in [0.2, 0.25) is 0 Å². The van der Waals surface area contributed by atoms with E-state index in [4.69, 9.17) is 24.8 Å². The number of phosphoric acid groups is 1. The molecule has 0 amide bonds. The Kier molecular flexibility index (Phi) is 41.6. The number of carbonyl (C=O) groups is 3. The molecular formula is C47H90NO10P. The number of allylic oxidation sites excluding steroid dienone is 2. The van der Waals surface area contributed by atoms with Crippen LogP contribution in [-0.2, 0) is 37.5 Å². The molecule has 0 bridgehead atoms. The van der Waals surface area contributed by atoms with Gasteiger partial charge in [0.05, 0.1) is 13.2 Å². The molecule has 3 atom stereocenters. The Morgan fingerprint density at radius 2 is 0.847 bits per heavy atom. The van der Waals surface area contributed by atoms with Crippen molar-refractivity contribution in [2.24, 2.45) is 5.73 Å². The number of carbonyl (C=O) groups excluding carboxylic acids is 2. The first-order chi connectivity index (χ1) is 28.6. The minimum Gasteiger partial charge on any atom is -0.480 e. The maximum absolute atomic E-state index is 12.7. The first-order valence-electron chi connectivity index (χ1n) is 24.2. The third-order valence-electron chi connectivity index (χ3n) is 10.8. The number of unbranched alkanes of at least 4 members (excludes halogenated alkanes) is 30. The minimum atomic E-state index is -4.71. The standard InChI is InChI=1S/C47H90NO10P/c1-3-5-7-9-11-13-15-17-19-21-23-25-27-29-31-33-35-37-39-46(50)58-43(41-56-59(53,54)57-42-44(48)47(51)52)40-55-45(49)38-36-34-32-30-28-26-24-22-20-18-16-14-12-10-8-6-4-2/h18,20,43-44H,3-17,19,21-42,48H2,1-2H3,(H,51,52)(H,53,54)/b20-18-/t43-,44+/m1/s1. The largest absolute Gasteiger partial charge is 0.480 e. The molecule has 12 heteroatoms. The summed E-state index contributed by atoms with van der Waals surface area (Å²) in [5.74, 6) is -2.37. The molecule has 348 valence electrons. The number of carboxylic acids is 1. The van der Waals surface area contributed by atoms with Crippen LogP contribution in [0.25, 0.3) is 0 Å². The van der Waals surface area contributed by atoms with E-state index >= 15 is 0 Å². The molecule has 0 rings (SSSR count). The van der Waals surface area contributed by atoms with E-state index in [2.05, 4.69) is 30.5 Å². The molecule has 0 fully saturated rings. The van der Waals surface area contributed by atoms with E-state index in [0.717, 1.165) is 44.9 Å². The fourth-order valence-corrected chi connectivity index (χ4v) is 7.72. The van der Waals surface area contributed by atoms with Gasteiger partial charge in [0.1, 0.15) is 12.6 Å². The molecule has 0 aliphatic rings. The molecule has 0 aliphatic heterocycles. The second-order valence-electron chi connectivity index (χ2n) is 16.6. The molecule has 0 aromatic carbocycles. The van der Waals surface area contributed by atoms with Crippen molar-refractivity contribution in [1.82, 2.24) is 0 Å². The predicted octanol–water partition coefficient (Wildman–Crippen LogP) is 13.2. The van der Waals surface area contributed by atoms with Gasteiger partial charge in [0.15, 0.2) is 6.10 Å². The Bertz CT molecular complexity index is 1060. The number of hydrogen-bond donors (Lipinski definition) is 3. The van der Waals surface area contributed by atoms with Crippen LogP contribution in [0, 0.1) is 0 Å². The summed E-state index contributed by atoms with van der Waals surface area (Å²) in [6, 6.07) is -1.52. The normalized spacial score (nSPS) is 13.7. The average Bonchev–Trinajstić information content (AvgIpc) is 3.21. The van der Waals surface area contributed by atoms with E-state index < -0.39 is 51.1 Å². The third kappa shape index (κ3) is 42.7. The summed E-state index contributed by atoms with van der Waals surface area (Å²) in [7, 11) is -4.71. The SMILES string of the molecule is CCCCCCCC/C=C\CCCCCCCCCC(=O)OC[C@H](COP(=O)(O)OC[C@H](N)C(=O)O)OC(=O)CCCCCCCCCCCCCCCCCCCC. The van der Waals surface area contributed by atoms with Gasteiger partial charge in [-0.2, -0.15) is 0 Å². The lowest BCUT2D eigenvalue weighted by atomic mass is 10.0. The fraction of sp³-hybridized carbons (Fsp3) is 0.894. The van der Waals surface area contributed by atoms with Crippen molar-refractivity contribution in [3.8, 4) is 0 Å². The predicted molar refractivity (Wildman–Crippen MR) is 240 cm³/mol. The van der Waals surface area contributed by atoms with Crippen molar-refractivity contribution in [1.29, 1.82) is 0 Å². The molecule has 0 aliphatic carbocycles. The topological polar surface area (TPSA) is 172 Å². The molecule has 0 saturated carbocycles. The van der Waals surface area contributed by atoms with Gasteiger partial charge in [-0.3, -0.25) is 23.4 Å². The van der Waals surface area contributed by atoms with Crippen molar-refractivity contribution in [3.05, 3.63) is 12.2 Å². The number of phosphoric ester groups is 1. The fourth-order valence-electron chi connectivity index (χ4n) is 6.94. The number of carboxylic acid groups (broad SMARTS) is 1. The van der Waals surface area contributed by atoms with Gasteiger partial charge >= 0.3 is 25.7 Å². The zero-order chi connectivity index (χ0) is 43.5. The van der Waals surface area contributed by atoms with Gasteiger partial charge in [0.25, 0.3) is 0 Å². The molecular weight excluding hydrogens is 769 g/mol. The highest BCUT2D eigenvalue weighted by Gasteiger charge is 2.28. The van der Waals surface area contributed by atoms with Crippen LogP contribution < -0.4 is 5.73 Å². The second-order valence-corrected chi connectivity index (χ2v) is 18.1. The first kappa shape index (κ1) is 57.2. The van der Waals surface area contributed by atoms with Crippen LogP contribution in [0.5, 0.6) is 0 Å². The second kappa shape index (κ2) is 42.9. The summed E-state index contributed by atoms with van der Waals surface area (Å²) in [4.78, 5) is 46.1. The van der Waals surface area contributed by atoms with Crippen molar-refractivity contribution in [2.45, 2.75) is 251 Å². The Labute approximate surface area is 360 Å². The summed E-state index contributed by atoms with van der Waals surface area (Å²) in [6.45, 7) is 2.84. The minimum absolute atomic E-state index is 0.167. The molecule has 1 unspecified atom stereocenters. The van der Waals surface area contributed by atoms with Crippen molar-refractivity contribution in [2.75, 3.05) is 19.8 Å². The van der Waals surface area contributed by atoms with Gasteiger partial charge in [-0.1, -0.05) is 199 Å². The van der Waals surface area contributed by atoms with Gasteiger partial charge in [-0.05, 0) is 38.5 Å². The van der Waals surface area contributed by atoms with Crippen molar-refractivity contribution >= 4 is 25.7 Å². The monoisotopic (exact) mass is 860 g/mol. The van der Waals surface area contributed by atoms with E-state index in [1.807, 2.05) is 0 Å². The highest BCUT2D eigenvalue weighted by Crippen LogP contribution is 2.43. The highest BCUT2D eigenvalue weighted by molar-refractivity contribution is 7.47. The zero-order valence-corrected chi connectivity index (χ0v) is 38.8. The molecule has 0 spiro atoms. The summed E-state index contributed by atoms with van der Waals surface area (Å²) < 4.78 is 32.8. The van der Waals surface area contributed by atoms with Crippen LogP contribution in [-0.4, -0.2) is 59.9 Å². The van der Waals surface area contributed by atoms with E-state index in [-0.39, 0.29) is 19.4 Å². The maximum Gasteiger partial charge on any atom is 0.472 e.